The molecule has 28 heavy (non-hydrogen) atoms. The van der Waals surface area contributed by atoms with Crippen LogP contribution in [0.2, 0.25) is 0 Å². The summed E-state index contributed by atoms with van der Waals surface area (Å²) in [5, 5.41) is 0. The summed E-state index contributed by atoms with van der Waals surface area (Å²) in [5.74, 6) is 3.11. The molecule has 0 radical (unpaired) electrons. The summed E-state index contributed by atoms with van der Waals surface area (Å²) in [6.07, 6.45) is 9.61. The van der Waals surface area contributed by atoms with Crippen molar-refractivity contribution in [2.75, 3.05) is 26.7 Å². The molecule has 158 valence electrons. The van der Waals surface area contributed by atoms with E-state index in [-0.39, 0.29) is 12.0 Å². The van der Waals surface area contributed by atoms with Gasteiger partial charge in [0.25, 0.3) is 0 Å². The highest BCUT2D eigenvalue weighted by Crippen LogP contribution is 2.60. The summed E-state index contributed by atoms with van der Waals surface area (Å²) in [6.45, 7) is 7.86. The number of ether oxygens (including phenoxy) is 1. The first-order chi connectivity index (χ1) is 13.1. The molecular weight excluding hydrogens is 352 g/mol. The molecule has 0 N–H and O–H groups in total. The quantitative estimate of drug-likeness (QED) is 0.721. The molecule has 4 bridgehead atoms. The molecule has 1 saturated heterocycles. The SMILES string of the molecule is CN(CC12CC3CC(CC(C3)C1)C2)C(=O)C1CCN(C(=O)OC(C)(C)C)CC1. The van der Waals surface area contributed by atoms with Gasteiger partial charge in [0.1, 0.15) is 5.60 Å². The summed E-state index contributed by atoms with van der Waals surface area (Å²) >= 11 is 0. The van der Waals surface area contributed by atoms with E-state index < -0.39 is 5.60 Å². The van der Waals surface area contributed by atoms with Gasteiger partial charge in [-0.25, -0.2) is 4.79 Å². The summed E-state index contributed by atoms with van der Waals surface area (Å²) in [4.78, 5) is 29.2. The fraction of sp³-hybridized carbons (Fsp3) is 0.913. The van der Waals surface area contributed by atoms with Gasteiger partial charge in [0.15, 0.2) is 0 Å². The molecule has 0 unspecified atom stereocenters. The maximum Gasteiger partial charge on any atom is 0.410 e. The van der Waals surface area contributed by atoms with E-state index in [9.17, 15) is 9.59 Å². The van der Waals surface area contributed by atoms with E-state index in [0.29, 0.717) is 24.4 Å². The summed E-state index contributed by atoms with van der Waals surface area (Å²) in [7, 11) is 2.02. The number of nitrogens with zero attached hydrogens (tertiary/aromatic N) is 2. The van der Waals surface area contributed by atoms with Crippen molar-refractivity contribution in [2.24, 2.45) is 29.1 Å². The second-order valence-corrected chi connectivity index (χ2v) is 11.4. The molecule has 0 aromatic rings. The van der Waals surface area contributed by atoms with E-state index in [4.69, 9.17) is 4.74 Å². The standard InChI is InChI=1S/C23H38N2O3/c1-22(2,3)28-21(27)25-7-5-19(6-8-25)20(26)24(4)15-23-12-16-9-17(13-23)11-18(10-16)14-23/h16-19H,5-15H2,1-4H3. The van der Waals surface area contributed by atoms with Gasteiger partial charge in [0.05, 0.1) is 0 Å². The zero-order valence-corrected chi connectivity index (χ0v) is 18.2. The van der Waals surface area contributed by atoms with Crippen molar-refractivity contribution in [1.82, 2.24) is 9.80 Å². The predicted octanol–water partition coefficient (Wildman–Crippen LogP) is 4.31. The molecule has 5 fully saturated rings. The fourth-order valence-corrected chi connectivity index (χ4v) is 7.01. The molecule has 0 aromatic heterocycles. The first kappa shape index (κ1) is 20.0. The molecule has 5 aliphatic rings. The second kappa shape index (κ2) is 7.21. The molecule has 0 aromatic carbocycles. The van der Waals surface area contributed by atoms with Crippen molar-refractivity contribution in [1.29, 1.82) is 0 Å². The van der Waals surface area contributed by atoms with Crippen LogP contribution in [-0.2, 0) is 9.53 Å². The van der Waals surface area contributed by atoms with Crippen LogP contribution in [0.1, 0.15) is 72.1 Å². The fourth-order valence-electron chi connectivity index (χ4n) is 7.01. The Hall–Kier alpha value is -1.26. The van der Waals surface area contributed by atoms with Gasteiger partial charge in [0, 0.05) is 32.6 Å². The molecular formula is C23H38N2O3. The van der Waals surface area contributed by atoms with Crippen molar-refractivity contribution in [2.45, 2.75) is 77.7 Å². The molecule has 5 heteroatoms. The molecule has 4 saturated carbocycles. The highest BCUT2D eigenvalue weighted by Gasteiger charge is 2.51. The molecule has 5 rings (SSSR count). The zero-order chi connectivity index (χ0) is 20.1. The Kier molecular flexibility index (Phi) is 5.16. The minimum atomic E-state index is -0.470. The van der Waals surface area contributed by atoms with Crippen LogP contribution in [-0.4, -0.2) is 54.1 Å². The molecule has 5 nitrogen and oxygen atoms in total. The first-order valence-corrected chi connectivity index (χ1v) is 11.4. The maximum absolute atomic E-state index is 13.1. The van der Waals surface area contributed by atoms with Crippen LogP contribution in [0.4, 0.5) is 4.79 Å². The highest BCUT2D eigenvalue weighted by atomic mass is 16.6. The first-order valence-electron chi connectivity index (χ1n) is 11.4. The van der Waals surface area contributed by atoms with E-state index in [1.807, 2.05) is 32.7 Å². The van der Waals surface area contributed by atoms with Gasteiger partial charge in [-0.3, -0.25) is 4.79 Å². The van der Waals surface area contributed by atoms with E-state index >= 15 is 0 Å². The Labute approximate surface area is 170 Å². The van der Waals surface area contributed by atoms with E-state index in [2.05, 4.69) is 0 Å². The van der Waals surface area contributed by atoms with Crippen molar-refractivity contribution in [3.05, 3.63) is 0 Å². The van der Waals surface area contributed by atoms with Crippen LogP contribution in [0.3, 0.4) is 0 Å². The smallest absolute Gasteiger partial charge is 0.410 e. The van der Waals surface area contributed by atoms with Crippen LogP contribution < -0.4 is 0 Å². The average molecular weight is 391 g/mol. The van der Waals surface area contributed by atoms with Crippen LogP contribution in [0.25, 0.3) is 0 Å². The Balaban J connectivity index is 1.29. The molecule has 1 aliphatic heterocycles. The molecule has 0 atom stereocenters. The van der Waals surface area contributed by atoms with Crippen molar-refractivity contribution >= 4 is 12.0 Å². The lowest BCUT2D eigenvalue weighted by Gasteiger charge is -2.57. The van der Waals surface area contributed by atoms with Crippen molar-refractivity contribution < 1.29 is 14.3 Å². The summed E-state index contributed by atoms with van der Waals surface area (Å²) in [5.41, 5.74) is -0.0712. The van der Waals surface area contributed by atoms with Gasteiger partial charge < -0.3 is 14.5 Å². The third kappa shape index (κ3) is 4.18. The van der Waals surface area contributed by atoms with Crippen LogP contribution in [0, 0.1) is 29.1 Å². The largest absolute Gasteiger partial charge is 0.444 e. The maximum atomic E-state index is 13.1. The van der Waals surface area contributed by atoms with E-state index in [1.54, 1.807) is 4.90 Å². The topological polar surface area (TPSA) is 49.9 Å². The van der Waals surface area contributed by atoms with E-state index in [1.165, 1.54) is 38.5 Å². The summed E-state index contributed by atoms with van der Waals surface area (Å²) < 4.78 is 5.47. The Morgan fingerprint density at radius 1 is 1.00 bits per heavy atom. The van der Waals surface area contributed by atoms with Crippen LogP contribution in [0.5, 0.6) is 0 Å². The van der Waals surface area contributed by atoms with Crippen LogP contribution in [0.15, 0.2) is 0 Å². The molecule has 0 spiro atoms. The van der Waals surface area contributed by atoms with Gasteiger partial charge in [-0.1, -0.05) is 0 Å². The average Bonchev–Trinajstić information content (AvgIpc) is 2.58. The van der Waals surface area contributed by atoms with Crippen LogP contribution >= 0.6 is 0 Å². The number of likely N-dealkylation sites (tertiary alicyclic amines) is 1. The van der Waals surface area contributed by atoms with Gasteiger partial charge in [-0.05, 0) is 95.3 Å². The minimum absolute atomic E-state index is 0.0533. The Morgan fingerprint density at radius 3 is 1.96 bits per heavy atom. The normalized spacial score (nSPS) is 35.1. The number of carbonyl (C=O) groups excluding carboxylic acids is 2. The number of carbonyl (C=O) groups is 2. The Morgan fingerprint density at radius 2 is 1.50 bits per heavy atom. The number of piperidine rings is 1. The number of amides is 2. The third-order valence-electron chi connectivity index (χ3n) is 7.61. The lowest BCUT2D eigenvalue weighted by atomic mass is 9.49. The summed E-state index contributed by atoms with van der Waals surface area (Å²) in [6, 6.07) is 0. The second-order valence-electron chi connectivity index (χ2n) is 11.4. The van der Waals surface area contributed by atoms with E-state index in [0.717, 1.165) is 37.1 Å². The molecule has 2 amide bonds. The van der Waals surface area contributed by atoms with Gasteiger partial charge >= 0.3 is 6.09 Å². The minimum Gasteiger partial charge on any atom is -0.444 e. The number of hydrogen-bond acceptors (Lipinski definition) is 3. The number of hydrogen-bond donors (Lipinski definition) is 0. The third-order valence-corrected chi connectivity index (χ3v) is 7.61. The van der Waals surface area contributed by atoms with Crippen molar-refractivity contribution in [3.8, 4) is 0 Å². The molecule has 4 aliphatic carbocycles. The van der Waals surface area contributed by atoms with Gasteiger partial charge in [-0.15, -0.1) is 0 Å². The predicted molar refractivity (Wildman–Crippen MR) is 109 cm³/mol. The Bertz CT molecular complexity index is 581. The molecule has 1 heterocycles. The highest BCUT2D eigenvalue weighted by molar-refractivity contribution is 5.79. The number of rotatable bonds is 3. The van der Waals surface area contributed by atoms with Gasteiger partial charge in [0.2, 0.25) is 5.91 Å². The van der Waals surface area contributed by atoms with Gasteiger partial charge in [-0.2, -0.15) is 0 Å². The zero-order valence-electron chi connectivity index (χ0n) is 18.2. The van der Waals surface area contributed by atoms with Crippen molar-refractivity contribution in [3.63, 3.8) is 0 Å². The monoisotopic (exact) mass is 390 g/mol. The lowest BCUT2D eigenvalue weighted by Crippen LogP contribution is -2.52. The lowest BCUT2D eigenvalue weighted by molar-refractivity contribution is -0.141.